The first-order valence-electron chi connectivity index (χ1n) is 6.86. The zero-order chi connectivity index (χ0) is 16.4. The average Bonchev–Trinajstić information content (AvgIpc) is 2.67. The molecule has 22 heavy (non-hydrogen) atoms. The number of benzene rings is 1. The van der Waals surface area contributed by atoms with Gasteiger partial charge in [0.15, 0.2) is 0 Å². The van der Waals surface area contributed by atoms with Gasteiger partial charge in [-0.1, -0.05) is 29.8 Å². The van der Waals surface area contributed by atoms with Crippen LogP contribution in [0.25, 0.3) is 0 Å². The Hall–Kier alpha value is -0.670. The van der Waals surface area contributed by atoms with Crippen molar-refractivity contribution in [2.45, 2.75) is 12.2 Å². The van der Waals surface area contributed by atoms with Crippen LogP contribution in [0.4, 0.5) is 0 Å². The lowest BCUT2D eigenvalue weighted by Crippen LogP contribution is -2.37. The van der Waals surface area contributed by atoms with Gasteiger partial charge in [0, 0.05) is 31.2 Å². The molecule has 2 rings (SSSR count). The highest BCUT2D eigenvalue weighted by molar-refractivity contribution is 7.88. The van der Waals surface area contributed by atoms with Gasteiger partial charge in [-0.3, -0.25) is 0 Å². The smallest absolute Gasteiger partial charge is 0.213 e. The van der Waals surface area contributed by atoms with E-state index < -0.39 is 20.0 Å². The van der Waals surface area contributed by atoms with Crippen molar-refractivity contribution in [2.75, 3.05) is 32.4 Å². The fourth-order valence-electron chi connectivity index (χ4n) is 2.38. The molecule has 0 aliphatic carbocycles. The van der Waals surface area contributed by atoms with Crippen LogP contribution in [0, 0.1) is 0 Å². The van der Waals surface area contributed by atoms with E-state index in [1.54, 1.807) is 24.3 Å². The molecule has 0 saturated carbocycles. The Kier molecular flexibility index (Phi) is 5.50. The van der Waals surface area contributed by atoms with Crippen LogP contribution >= 0.6 is 11.6 Å². The molecular formula is C13H19ClN2O4S2. The maximum absolute atomic E-state index is 12.5. The number of sulfonamides is 2. The van der Waals surface area contributed by atoms with Crippen LogP contribution in [0.5, 0.6) is 0 Å². The highest BCUT2D eigenvalue weighted by Gasteiger charge is 2.28. The maximum atomic E-state index is 12.5. The topological polar surface area (TPSA) is 74.8 Å². The number of nitrogens with zero attached hydrogens (tertiary/aromatic N) is 2. The van der Waals surface area contributed by atoms with Gasteiger partial charge in [-0.25, -0.2) is 25.4 Å². The Morgan fingerprint density at radius 2 is 1.59 bits per heavy atom. The lowest BCUT2D eigenvalue weighted by Gasteiger charge is -2.21. The predicted molar refractivity (Wildman–Crippen MR) is 86.7 cm³/mol. The normalized spacial score (nSPS) is 19.0. The summed E-state index contributed by atoms with van der Waals surface area (Å²) >= 11 is 6.01. The summed E-state index contributed by atoms with van der Waals surface area (Å²) in [6.07, 6.45) is 1.62. The molecule has 0 spiro atoms. The molecule has 0 aromatic heterocycles. The lowest BCUT2D eigenvalue weighted by molar-refractivity contribution is 0.406. The molecule has 1 aromatic rings. The summed E-state index contributed by atoms with van der Waals surface area (Å²) in [6.45, 7) is 1.01. The average molecular weight is 367 g/mol. The molecule has 1 aromatic carbocycles. The minimum Gasteiger partial charge on any atom is -0.213 e. The van der Waals surface area contributed by atoms with Gasteiger partial charge in [0.25, 0.3) is 0 Å². The second kappa shape index (κ2) is 6.84. The minimum absolute atomic E-state index is 0.167. The summed E-state index contributed by atoms with van der Waals surface area (Å²) in [6, 6.07) is 6.82. The summed E-state index contributed by atoms with van der Waals surface area (Å²) in [5, 5.41) is 0.415. The van der Waals surface area contributed by atoms with Crippen LogP contribution in [0.3, 0.4) is 0 Å². The summed E-state index contributed by atoms with van der Waals surface area (Å²) < 4.78 is 50.8. The molecule has 1 aliphatic rings. The van der Waals surface area contributed by atoms with E-state index in [-0.39, 0.29) is 18.8 Å². The molecule has 0 atom stereocenters. The van der Waals surface area contributed by atoms with Gasteiger partial charge in [0.05, 0.1) is 12.0 Å². The van der Waals surface area contributed by atoms with Gasteiger partial charge in [-0.2, -0.15) is 0 Å². The first kappa shape index (κ1) is 17.7. The Bertz CT molecular complexity index is 734. The Morgan fingerprint density at radius 1 is 1.00 bits per heavy atom. The maximum Gasteiger partial charge on any atom is 0.218 e. The van der Waals surface area contributed by atoms with E-state index in [0.29, 0.717) is 30.1 Å². The van der Waals surface area contributed by atoms with Crippen molar-refractivity contribution < 1.29 is 16.8 Å². The van der Waals surface area contributed by atoms with Crippen molar-refractivity contribution in [1.29, 1.82) is 0 Å². The summed E-state index contributed by atoms with van der Waals surface area (Å²) in [5.41, 5.74) is 0.549. The molecule has 0 radical (unpaired) electrons. The fraction of sp³-hybridized carbons (Fsp3) is 0.538. The zero-order valence-corrected chi connectivity index (χ0v) is 14.7. The molecule has 0 amide bonds. The molecule has 0 bridgehead atoms. The molecule has 1 saturated heterocycles. The molecule has 1 heterocycles. The zero-order valence-electron chi connectivity index (χ0n) is 12.3. The second-order valence-electron chi connectivity index (χ2n) is 5.26. The standard InChI is InChI=1S/C13H19ClN2O4S2/c1-21(17,18)15-7-4-8-16(10-9-15)22(19,20)11-12-5-2-3-6-13(12)14/h2-3,5-6H,4,7-11H2,1H3. The number of halogens is 1. The molecule has 124 valence electrons. The van der Waals surface area contributed by atoms with Crippen molar-refractivity contribution in [2.24, 2.45) is 0 Å². The van der Waals surface area contributed by atoms with Gasteiger partial charge >= 0.3 is 0 Å². The quantitative estimate of drug-likeness (QED) is 0.800. The van der Waals surface area contributed by atoms with E-state index in [1.807, 2.05) is 0 Å². The number of hydrogen-bond acceptors (Lipinski definition) is 4. The highest BCUT2D eigenvalue weighted by atomic mass is 35.5. The van der Waals surface area contributed by atoms with Gasteiger partial charge in [-0.15, -0.1) is 0 Å². The SMILES string of the molecule is CS(=O)(=O)N1CCCN(S(=O)(=O)Cc2ccccc2Cl)CC1. The Labute approximate surface area is 136 Å². The minimum atomic E-state index is -3.52. The molecule has 6 nitrogen and oxygen atoms in total. The number of hydrogen-bond donors (Lipinski definition) is 0. The van der Waals surface area contributed by atoms with Gasteiger partial charge < -0.3 is 0 Å². The van der Waals surface area contributed by atoms with Crippen LogP contribution in [0.1, 0.15) is 12.0 Å². The van der Waals surface area contributed by atoms with E-state index in [2.05, 4.69) is 0 Å². The van der Waals surface area contributed by atoms with Crippen molar-refractivity contribution in [3.05, 3.63) is 34.9 Å². The Morgan fingerprint density at radius 3 is 2.23 bits per heavy atom. The third-order valence-electron chi connectivity index (χ3n) is 3.57. The largest absolute Gasteiger partial charge is 0.218 e. The first-order chi connectivity index (χ1) is 10.2. The van der Waals surface area contributed by atoms with Crippen molar-refractivity contribution >= 4 is 31.6 Å². The predicted octanol–water partition coefficient (Wildman–Crippen LogP) is 1.14. The van der Waals surface area contributed by atoms with Crippen molar-refractivity contribution in [1.82, 2.24) is 8.61 Å². The van der Waals surface area contributed by atoms with Crippen LogP contribution < -0.4 is 0 Å². The molecule has 0 N–H and O–H groups in total. The monoisotopic (exact) mass is 366 g/mol. The van der Waals surface area contributed by atoms with E-state index in [1.165, 1.54) is 8.61 Å². The summed E-state index contributed by atoms with van der Waals surface area (Å²) in [7, 11) is -6.82. The molecule has 1 fully saturated rings. The van der Waals surface area contributed by atoms with E-state index in [4.69, 9.17) is 11.6 Å². The molecular weight excluding hydrogens is 348 g/mol. The summed E-state index contributed by atoms with van der Waals surface area (Å²) in [5.74, 6) is -0.175. The van der Waals surface area contributed by atoms with Crippen LogP contribution in [0.15, 0.2) is 24.3 Å². The van der Waals surface area contributed by atoms with Crippen molar-refractivity contribution in [3.63, 3.8) is 0 Å². The summed E-state index contributed by atoms with van der Waals surface area (Å²) in [4.78, 5) is 0. The van der Waals surface area contributed by atoms with Crippen molar-refractivity contribution in [3.8, 4) is 0 Å². The molecule has 1 aliphatic heterocycles. The fourth-order valence-corrected chi connectivity index (χ4v) is 5.13. The number of rotatable bonds is 4. The van der Waals surface area contributed by atoms with Crippen LogP contribution in [-0.2, 0) is 25.8 Å². The van der Waals surface area contributed by atoms with Crippen LogP contribution in [-0.4, -0.2) is 57.9 Å². The molecule has 0 unspecified atom stereocenters. The van der Waals surface area contributed by atoms with Crippen LogP contribution in [0.2, 0.25) is 5.02 Å². The first-order valence-corrected chi connectivity index (χ1v) is 10.7. The second-order valence-corrected chi connectivity index (χ2v) is 9.62. The molecule has 9 heteroatoms. The Balaban J connectivity index is 2.12. The van der Waals surface area contributed by atoms with Gasteiger partial charge in [0.2, 0.25) is 20.0 Å². The van der Waals surface area contributed by atoms with E-state index in [9.17, 15) is 16.8 Å². The third-order valence-corrected chi connectivity index (χ3v) is 7.07. The van der Waals surface area contributed by atoms with Gasteiger partial charge in [-0.05, 0) is 18.1 Å². The van der Waals surface area contributed by atoms with Gasteiger partial charge in [0.1, 0.15) is 0 Å². The highest BCUT2D eigenvalue weighted by Crippen LogP contribution is 2.20. The third kappa shape index (κ3) is 4.42. The lowest BCUT2D eigenvalue weighted by atomic mass is 10.2. The van der Waals surface area contributed by atoms with E-state index >= 15 is 0 Å². The van der Waals surface area contributed by atoms with E-state index in [0.717, 1.165) is 6.26 Å².